The van der Waals surface area contributed by atoms with Crippen LogP contribution >= 0.6 is 15.9 Å². The molecule has 2 aromatic rings. The van der Waals surface area contributed by atoms with Gasteiger partial charge in [0, 0.05) is 18.1 Å². The van der Waals surface area contributed by atoms with Gasteiger partial charge in [-0.2, -0.15) is 0 Å². The molecule has 2 rings (SSSR count). The topological polar surface area (TPSA) is 76.6 Å². The van der Waals surface area contributed by atoms with Crippen LogP contribution in [0.4, 0.5) is 5.88 Å². The molecule has 0 saturated carbocycles. The summed E-state index contributed by atoms with van der Waals surface area (Å²) in [7, 11) is 1.61. The number of hydrogen-bond acceptors (Lipinski definition) is 4. The second-order valence-corrected chi connectivity index (χ2v) is 5.00. The molecular formula is C13H11BrN2O4. The lowest BCUT2D eigenvalue weighted by atomic mass is 10.2. The minimum atomic E-state index is -0.676. The van der Waals surface area contributed by atoms with Crippen LogP contribution in [0.2, 0.25) is 0 Å². The lowest BCUT2D eigenvalue weighted by Gasteiger charge is -2.16. The Morgan fingerprint density at radius 1 is 1.35 bits per heavy atom. The molecule has 0 radical (unpaired) electrons. The van der Waals surface area contributed by atoms with Crippen molar-refractivity contribution in [2.24, 2.45) is 0 Å². The van der Waals surface area contributed by atoms with Gasteiger partial charge in [0.25, 0.3) is 5.91 Å². The molecule has 7 heteroatoms. The summed E-state index contributed by atoms with van der Waals surface area (Å²) in [6.45, 7) is 0.370. The quantitative estimate of drug-likeness (QED) is 0.633. The molecule has 0 saturated heterocycles. The maximum absolute atomic E-state index is 12.1. The molecule has 104 valence electrons. The molecule has 0 aliphatic rings. The molecule has 0 fully saturated rings. The number of rotatable bonds is 4. The van der Waals surface area contributed by atoms with E-state index in [0.717, 1.165) is 10.0 Å². The largest absolute Gasteiger partial charge is 0.433 e. The fourth-order valence-electron chi connectivity index (χ4n) is 1.68. The molecule has 0 atom stereocenters. The number of carbonyl (C=O) groups is 1. The normalized spacial score (nSPS) is 10.3. The lowest BCUT2D eigenvalue weighted by molar-refractivity contribution is -0.402. The zero-order valence-corrected chi connectivity index (χ0v) is 12.2. The van der Waals surface area contributed by atoms with Crippen molar-refractivity contribution in [2.45, 2.75) is 6.54 Å². The summed E-state index contributed by atoms with van der Waals surface area (Å²) in [4.78, 5) is 23.4. The van der Waals surface area contributed by atoms with E-state index in [0.29, 0.717) is 6.54 Å². The number of halogens is 1. The SMILES string of the molecule is CN(Cc1ccccc1Br)C(=O)c1ccc([N+](=O)[O-])o1. The van der Waals surface area contributed by atoms with E-state index in [-0.39, 0.29) is 5.76 Å². The third kappa shape index (κ3) is 3.05. The van der Waals surface area contributed by atoms with E-state index in [1.807, 2.05) is 24.3 Å². The van der Waals surface area contributed by atoms with Crippen LogP contribution in [0, 0.1) is 10.1 Å². The van der Waals surface area contributed by atoms with Crippen LogP contribution < -0.4 is 0 Å². The molecule has 0 aliphatic heterocycles. The van der Waals surface area contributed by atoms with E-state index >= 15 is 0 Å². The van der Waals surface area contributed by atoms with Crippen LogP contribution in [0.5, 0.6) is 0 Å². The van der Waals surface area contributed by atoms with Gasteiger partial charge < -0.3 is 9.32 Å². The average molecular weight is 339 g/mol. The standard InChI is InChI=1S/C13H11BrN2O4/c1-15(8-9-4-2-3-5-10(9)14)13(17)11-6-7-12(20-11)16(18)19/h2-7H,8H2,1H3. The third-order valence-corrected chi connectivity index (χ3v) is 3.47. The van der Waals surface area contributed by atoms with Crippen molar-refractivity contribution in [2.75, 3.05) is 7.05 Å². The zero-order valence-electron chi connectivity index (χ0n) is 10.6. The van der Waals surface area contributed by atoms with Crippen molar-refractivity contribution in [3.8, 4) is 0 Å². The maximum atomic E-state index is 12.1. The Labute approximate surface area is 123 Å². The predicted octanol–water partition coefficient (Wildman–Crippen LogP) is 3.22. The van der Waals surface area contributed by atoms with Gasteiger partial charge in [-0.1, -0.05) is 34.1 Å². The maximum Gasteiger partial charge on any atom is 0.433 e. The Morgan fingerprint density at radius 3 is 2.65 bits per heavy atom. The number of amides is 1. The Balaban J connectivity index is 2.12. The Kier molecular flexibility index (Phi) is 4.19. The third-order valence-electron chi connectivity index (χ3n) is 2.69. The lowest BCUT2D eigenvalue weighted by Crippen LogP contribution is -2.25. The number of furan rings is 1. The highest BCUT2D eigenvalue weighted by atomic mass is 79.9. The molecule has 1 amide bonds. The summed E-state index contributed by atoms with van der Waals surface area (Å²) in [6.07, 6.45) is 0. The summed E-state index contributed by atoms with van der Waals surface area (Å²) in [5, 5.41) is 10.5. The molecule has 1 aromatic carbocycles. The van der Waals surface area contributed by atoms with Crippen molar-refractivity contribution in [1.82, 2.24) is 4.90 Å². The van der Waals surface area contributed by atoms with Crippen LogP contribution in [-0.4, -0.2) is 22.8 Å². The van der Waals surface area contributed by atoms with Crippen LogP contribution in [0.3, 0.4) is 0 Å². The molecule has 20 heavy (non-hydrogen) atoms. The smallest absolute Gasteiger partial charge is 0.395 e. The summed E-state index contributed by atoms with van der Waals surface area (Å²) in [5.41, 5.74) is 0.935. The zero-order chi connectivity index (χ0) is 14.7. The molecule has 0 unspecified atom stereocenters. The number of benzene rings is 1. The minimum Gasteiger partial charge on any atom is -0.395 e. The first-order valence-electron chi connectivity index (χ1n) is 5.72. The van der Waals surface area contributed by atoms with E-state index in [2.05, 4.69) is 15.9 Å². The highest BCUT2D eigenvalue weighted by molar-refractivity contribution is 9.10. The summed E-state index contributed by atoms with van der Waals surface area (Å²) in [6, 6.07) is 9.99. The first kappa shape index (κ1) is 14.3. The highest BCUT2D eigenvalue weighted by Gasteiger charge is 2.20. The van der Waals surface area contributed by atoms with Gasteiger partial charge in [-0.15, -0.1) is 0 Å². The van der Waals surface area contributed by atoms with E-state index in [4.69, 9.17) is 4.42 Å². The Hall–Kier alpha value is -2.15. The van der Waals surface area contributed by atoms with E-state index in [9.17, 15) is 14.9 Å². The van der Waals surface area contributed by atoms with Gasteiger partial charge in [-0.05, 0) is 17.7 Å². The second-order valence-electron chi connectivity index (χ2n) is 4.15. The first-order valence-corrected chi connectivity index (χ1v) is 6.51. The van der Waals surface area contributed by atoms with Crippen LogP contribution in [0.15, 0.2) is 45.3 Å². The predicted molar refractivity (Wildman–Crippen MR) is 75.3 cm³/mol. The summed E-state index contributed by atoms with van der Waals surface area (Å²) in [5.74, 6) is -0.900. The van der Waals surface area contributed by atoms with Crippen molar-refractivity contribution in [1.29, 1.82) is 0 Å². The van der Waals surface area contributed by atoms with Gasteiger partial charge in [0.2, 0.25) is 0 Å². The van der Waals surface area contributed by atoms with Gasteiger partial charge >= 0.3 is 5.88 Å². The van der Waals surface area contributed by atoms with Crippen molar-refractivity contribution < 1.29 is 14.1 Å². The van der Waals surface area contributed by atoms with Gasteiger partial charge in [0.15, 0.2) is 5.76 Å². The fraction of sp³-hybridized carbons (Fsp3) is 0.154. The van der Waals surface area contributed by atoms with E-state index < -0.39 is 16.7 Å². The van der Waals surface area contributed by atoms with Crippen LogP contribution in [0.25, 0.3) is 0 Å². The fourth-order valence-corrected chi connectivity index (χ4v) is 2.09. The van der Waals surface area contributed by atoms with Gasteiger partial charge in [0.05, 0.1) is 6.07 Å². The van der Waals surface area contributed by atoms with Crippen LogP contribution in [-0.2, 0) is 6.54 Å². The molecular weight excluding hydrogens is 328 g/mol. The number of hydrogen-bond donors (Lipinski definition) is 0. The van der Waals surface area contributed by atoms with Gasteiger partial charge in [-0.3, -0.25) is 14.9 Å². The Bertz CT molecular complexity index is 653. The molecule has 1 heterocycles. The van der Waals surface area contributed by atoms with Crippen molar-refractivity contribution in [3.05, 3.63) is 62.3 Å². The molecule has 6 nitrogen and oxygen atoms in total. The van der Waals surface area contributed by atoms with Gasteiger partial charge in [0.1, 0.15) is 4.92 Å². The molecule has 1 aromatic heterocycles. The minimum absolute atomic E-state index is 0.0498. The number of nitrogens with zero attached hydrogens (tertiary/aromatic N) is 2. The highest BCUT2D eigenvalue weighted by Crippen LogP contribution is 2.20. The number of carbonyl (C=O) groups excluding carboxylic acids is 1. The second kappa shape index (κ2) is 5.87. The monoisotopic (exact) mass is 338 g/mol. The molecule has 0 spiro atoms. The van der Waals surface area contributed by atoms with Crippen LogP contribution in [0.1, 0.15) is 16.1 Å². The molecule has 0 aliphatic carbocycles. The van der Waals surface area contributed by atoms with Crippen molar-refractivity contribution in [3.63, 3.8) is 0 Å². The van der Waals surface area contributed by atoms with Crippen molar-refractivity contribution >= 4 is 27.7 Å². The Morgan fingerprint density at radius 2 is 2.05 bits per heavy atom. The van der Waals surface area contributed by atoms with Gasteiger partial charge in [-0.25, -0.2) is 0 Å². The molecule has 0 bridgehead atoms. The summed E-state index contributed by atoms with van der Waals surface area (Å²) < 4.78 is 5.79. The average Bonchev–Trinajstić information content (AvgIpc) is 2.90. The molecule has 0 N–H and O–H groups in total. The number of nitro groups is 1. The van der Waals surface area contributed by atoms with E-state index in [1.165, 1.54) is 17.0 Å². The van der Waals surface area contributed by atoms with E-state index in [1.54, 1.807) is 7.05 Å². The first-order chi connectivity index (χ1) is 9.49. The summed E-state index contributed by atoms with van der Waals surface area (Å²) >= 11 is 3.40.